The topological polar surface area (TPSA) is 87.5 Å². The van der Waals surface area contributed by atoms with Crippen LogP contribution in [0.1, 0.15) is 11.3 Å². The van der Waals surface area contributed by atoms with Crippen LogP contribution >= 0.6 is 11.6 Å². The maximum Gasteiger partial charge on any atom is 0.182 e. The minimum atomic E-state index is -0.546. The van der Waals surface area contributed by atoms with E-state index < -0.39 is 5.82 Å². The number of nitriles is 1. The van der Waals surface area contributed by atoms with Crippen molar-refractivity contribution in [2.45, 2.75) is 6.92 Å². The monoisotopic (exact) mass is 393 g/mol. The number of methoxy groups -OCH3 is 1. The number of fused-ring (bicyclic) bond motifs is 1. The van der Waals surface area contributed by atoms with Gasteiger partial charge in [0.25, 0.3) is 0 Å². The van der Waals surface area contributed by atoms with Gasteiger partial charge >= 0.3 is 0 Å². The minimum Gasteiger partial charge on any atom is -0.497 e. The van der Waals surface area contributed by atoms with Crippen molar-refractivity contribution in [2.75, 3.05) is 7.11 Å². The van der Waals surface area contributed by atoms with E-state index in [1.165, 1.54) is 19.2 Å². The first-order valence-electron chi connectivity index (χ1n) is 8.28. The van der Waals surface area contributed by atoms with Crippen molar-refractivity contribution in [3.8, 4) is 34.2 Å². The third kappa shape index (κ3) is 2.84. The average molecular weight is 394 g/mol. The number of halogens is 2. The number of hydrogen-bond donors (Lipinski definition) is 1. The largest absolute Gasteiger partial charge is 0.497 e. The van der Waals surface area contributed by atoms with Crippen molar-refractivity contribution in [2.24, 2.45) is 0 Å². The molecule has 3 aromatic heterocycles. The van der Waals surface area contributed by atoms with Gasteiger partial charge < -0.3 is 4.74 Å². The Morgan fingerprint density at radius 1 is 1.25 bits per heavy atom. The number of pyridine rings is 2. The third-order valence-corrected chi connectivity index (χ3v) is 4.67. The summed E-state index contributed by atoms with van der Waals surface area (Å²) in [6, 6.07) is 9.97. The zero-order chi connectivity index (χ0) is 19.8. The number of rotatable bonds is 3. The predicted octanol–water partition coefficient (Wildman–Crippen LogP) is 4.67. The van der Waals surface area contributed by atoms with Gasteiger partial charge in [-0.15, -0.1) is 0 Å². The lowest BCUT2D eigenvalue weighted by Gasteiger charge is -2.12. The summed E-state index contributed by atoms with van der Waals surface area (Å²) in [6.07, 6.45) is 1.57. The smallest absolute Gasteiger partial charge is 0.182 e. The lowest BCUT2D eigenvalue weighted by atomic mass is 9.94. The molecule has 4 aromatic rings. The lowest BCUT2D eigenvalue weighted by Crippen LogP contribution is -1.98. The highest BCUT2D eigenvalue weighted by atomic mass is 35.5. The van der Waals surface area contributed by atoms with Crippen LogP contribution in [0.4, 0.5) is 4.39 Å². The summed E-state index contributed by atoms with van der Waals surface area (Å²) < 4.78 is 19.8. The highest BCUT2D eigenvalue weighted by molar-refractivity contribution is 6.29. The molecule has 0 fully saturated rings. The second-order valence-corrected chi connectivity index (χ2v) is 6.47. The molecule has 0 bridgehead atoms. The number of nitrogens with zero attached hydrogens (tertiary/aromatic N) is 4. The Bertz CT molecular complexity index is 1240. The lowest BCUT2D eigenvalue weighted by molar-refractivity contribution is 0.411. The Labute approximate surface area is 164 Å². The maximum absolute atomic E-state index is 14.7. The Balaban J connectivity index is 2.09. The van der Waals surface area contributed by atoms with E-state index in [1.807, 2.05) is 6.92 Å². The molecule has 138 valence electrons. The molecule has 0 saturated heterocycles. The second kappa shape index (κ2) is 6.91. The standard InChI is InChI=1S/C20H13ClFN5O/c1-10-17-18(11-3-6-16(21)24-9-11)14(8-23)19(25-20(17)27-26-10)13-5-4-12(28-2)7-15(13)22/h3-7,9H,1-2H3,(H,25,26,27). The Morgan fingerprint density at radius 2 is 2.07 bits per heavy atom. The average Bonchev–Trinajstić information content (AvgIpc) is 3.07. The molecule has 0 unspecified atom stereocenters. The summed E-state index contributed by atoms with van der Waals surface area (Å²) >= 11 is 5.91. The van der Waals surface area contributed by atoms with Gasteiger partial charge in [0.15, 0.2) is 5.65 Å². The number of nitrogens with one attached hydrogen (secondary N) is 1. The Kier molecular flexibility index (Phi) is 4.41. The first-order valence-corrected chi connectivity index (χ1v) is 8.66. The van der Waals surface area contributed by atoms with Crippen LogP contribution in [0.3, 0.4) is 0 Å². The fraction of sp³-hybridized carbons (Fsp3) is 0.100. The first kappa shape index (κ1) is 17.9. The fourth-order valence-electron chi connectivity index (χ4n) is 3.13. The van der Waals surface area contributed by atoms with Gasteiger partial charge in [0.2, 0.25) is 0 Å². The van der Waals surface area contributed by atoms with Gasteiger partial charge in [0.1, 0.15) is 22.8 Å². The van der Waals surface area contributed by atoms with E-state index >= 15 is 0 Å². The number of H-pyrrole nitrogens is 1. The summed E-state index contributed by atoms with van der Waals surface area (Å²) in [5.74, 6) is -0.172. The van der Waals surface area contributed by atoms with Gasteiger partial charge in [-0.25, -0.2) is 14.4 Å². The fourth-order valence-corrected chi connectivity index (χ4v) is 3.24. The molecular formula is C20H13ClFN5O. The maximum atomic E-state index is 14.7. The molecule has 0 aliphatic heterocycles. The zero-order valence-corrected chi connectivity index (χ0v) is 15.7. The van der Waals surface area contributed by atoms with Crippen molar-refractivity contribution in [3.63, 3.8) is 0 Å². The first-order chi connectivity index (χ1) is 13.5. The van der Waals surface area contributed by atoms with Crippen LogP contribution in [0.25, 0.3) is 33.4 Å². The summed E-state index contributed by atoms with van der Waals surface area (Å²) in [5, 5.41) is 18.0. The molecule has 0 amide bonds. The molecule has 6 nitrogen and oxygen atoms in total. The van der Waals surface area contributed by atoms with Crippen molar-refractivity contribution in [1.82, 2.24) is 20.2 Å². The van der Waals surface area contributed by atoms with E-state index in [-0.39, 0.29) is 16.8 Å². The van der Waals surface area contributed by atoms with Gasteiger partial charge in [-0.05, 0) is 31.2 Å². The van der Waals surface area contributed by atoms with Crippen LogP contribution in [0.2, 0.25) is 5.15 Å². The molecule has 3 heterocycles. The van der Waals surface area contributed by atoms with Crippen molar-refractivity contribution in [3.05, 3.63) is 58.8 Å². The van der Waals surface area contributed by atoms with Crippen LogP contribution in [0.5, 0.6) is 5.75 Å². The minimum absolute atomic E-state index is 0.183. The number of aromatic amines is 1. The summed E-state index contributed by atoms with van der Waals surface area (Å²) in [5.41, 5.74) is 2.97. The van der Waals surface area contributed by atoms with Crippen LogP contribution in [0.15, 0.2) is 36.5 Å². The van der Waals surface area contributed by atoms with E-state index in [9.17, 15) is 9.65 Å². The molecule has 0 aliphatic rings. The molecule has 28 heavy (non-hydrogen) atoms. The van der Waals surface area contributed by atoms with Crippen LogP contribution in [0, 0.1) is 24.1 Å². The Morgan fingerprint density at radius 3 is 2.71 bits per heavy atom. The predicted molar refractivity (Wildman–Crippen MR) is 104 cm³/mol. The van der Waals surface area contributed by atoms with Gasteiger partial charge in [0.05, 0.1) is 23.8 Å². The van der Waals surface area contributed by atoms with E-state index in [0.717, 1.165) is 5.69 Å². The van der Waals surface area contributed by atoms with Crippen molar-refractivity contribution >= 4 is 22.6 Å². The van der Waals surface area contributed by atoms with Gasteiger partial charge in [-0.1, -0.05) is 11.6 Å². The molecule has 1 N–H and O–H groups in total. The van der Waals surface area contributed by atoms with Gasteiger partial charge in [-0.3, -0.25) is 5.10 Å². The number of hydrogen-bond acceptors (Lipinski definition) is 5. The van der Waals surface area contributed by atoms with Crippen molar-refractivity contribution < 1.29 is 9.13 Å². The quantitative estimate of drug-likeness (QED) is 0.511. The van der Waals surface area contributed by atoms with Crippen molar-refractivity contribution in [1.29, 1.82) is 5.26 Å². The molecule has 8 heteroatoms. The molecule has 0 saturated carbocycles. The van der Waals surface area contributed by atoms with E-state index in [4.69, 9.17) is 16.3 Å². The molecule has 1 aromatic carbocycles. The summed E-state index contributed by atoms with van der Waals surface area (Å²) in [4.78, 5) is 8.57. The molecule has 4 rings (SSSR count). The SMILES string of the molecule is COc1ccc(-c2nc3n[nH]c(C)c3c(-c3ccc(Cl)nc3)c2C#N)c(F)c1. The third-order valence-electron chi connectivity index (χ3n) is 4.44. The van der Waals surface area contributed by atoms with Gasteiger partial charge in [-0.2, -0.15) is 10.4 Å². The summed E-state index contributed by atoms with van der Waals surface area (Å²) in [6.45, 7) is 1.83. The van der Waals surface area contributed by atoms with Gasteiger partial charge in [0, 0.05) is 34.6 Å². The normalized spacial score (nSPS) is 10.8. The number of ether oxygens (including phenoxy) is 1. The summed E-state index contributed by atoms with van der Waals surface area (Å²) in [7, 11) is 1.46. The highest BCUT2D eigenvalue weighted by Gasteiger charge is 2.23. The molecule has 0 spiro atoms. The molecular weight excluding hydrogens is 381 g/mol. The number of benzene rings is 1. The van der Waals surface area contributed by atoms with E-state index in [2.05, 4.69) is 26.2 Å². The highest BCUT2D eigenvalue weighted by Crippen LogP contribution is 2.38. The van der Waals surface area contributed by atoms with Crippen LogP contribution in [-0.2, 0) is 0 Å². The molecule has 0 atom stereocenters. The number of aromatic nitrogens is 4. The Hall–Kier alpha value is -3.50. The second-order valence-electron chi connectivity index (χ2n) is 6.08. The molecule has 0 radical (unpaired) electrons. The van der Waals surface area contributed by atoms with E-state index in [0.29, 0.717) is 33.1 Å². The zero-order valence-electron chi connectivity index (χ0n) is 14.9. The molecule has 0 aliphatic carbocycles. The van der Waals surface area contributed by atoms with E-state index in [1.54, 1.807) is 24.4 Å². The van der Waals surface area contributed by atoms with Crippen LogP contribution in [-0.4, -0.2) is 27.3 Å². The van der Waals surface area contributed by atoms with Crippen LogP contribution < -0.4 is 4.74 Å². The number of aryl methyl sites for hydroxylation is 1.